The first-order valence-electron chi connectivity index (χ1n) is 5.66. The van der Waals surface area contributed by atoms with E-state index in [-0.39, 0.29) is 0 Å². The van der Waals surface area contributed by atoms with Gasteiger partial charge in [0.25, 0.3) is 0 Å². The normalized spacial score (nSPS) is 17.7. The highest BCUT2D eigenvalue weighted by molar-refractivity contribution is 7.19. The van der Waals surface area contributed by atoms with Gasteiger partial charge < -0.3 is 4.74 Å². The van der Waals surface area contributed by atoms with Crippen LogP contribution in [-0.2, 0) is 11.3 Å². The molecule has 2 aromatic rings. The molecule has 0 spiro atoms. The molecule has 0 atom stereocenters. The number of nitrogens with zero attached hydrogens (tertiary/aromatic N) is 2. The van der Waals surface area contributed by atoms with E-state index in [1.165, 1.54) is 4.88 Å². The lowest BCUT2D eigenvalue weighted by molar-refractivity contribution is 0.0346. The van der Waals surface area contributed by atoms with Crippen LogP contribution in [0.2, 0.25) is 5.02 Å². The van der Waals surface area contributed by atoms with Crippen molar-refractivity contribution >= 4 is 33.2 Å². The third kappa shape index (κ3) is 2.45. The van der Waals surface area contributed by atoms with Gasteiger partial charge >= 0.3 is 0 Å². The van der Waals surface area contributed by atoms with E-state index < -0.39 is 0 Å². The van der Waals surface area contributed by atoms with Crippen molar-refractivity contribution in [2.75, 3.05) is 26.3 Å². The van der Waals surface area contributed by atoms with Crippen LogP contribution in [0.3, 0.4) is 0 Å². The lowest BCUT2D eigenvalue weighted by Gasteiger charge is -2.25. The molecular formula is C12H13ClN2OS. The minimum atomic E-state index is 0.799. The summed E-state index contributed by atoms with van der Waals surface area (Å²) in [6, 6.07) is 3.99. The number of fused-ring (bicyclic) bond motifs is 1. The summed E-state index contributed by atoms with van der Waals surface area (Å²) in [5.74, 6) is 0. The number of halogens is 1. The third-order valence-electron chi connectivity index (χ3n) is 2.90. The maximum atomic E-state index is 6.15. The number of ether oxygens (including phenoxy) is 1. The van der Waals surface area contributed by atoms with Crippen LogP contribution in [0.5, 0.6) is 0 Å². The number of morpholine rings is 1. The number of rotatable bonds is 2. The van der Waals surface area contributed by atoms with Crippen molar-refractivity contribution in [3.05, 3.63) is 28.2 Å². The predicted octanol–water partition coefficient (Wildman–Crippen LogP) is 2.78. The molecule has 0 aromatic carbocycles. The number of thiophene rings is 1. The molecule has 1 aliphatic rings. The van der Waals surface area contributed by atoms with Crippen LogP contribution >= 0.6 is 22.9 Å². The highest BCUT2D eigenvalue weighted by Crippen LogP contribution is 2.30. The molecule has 0 radical (unpaired) electrons. The van der Waals surface area contributed by atoms with E-state index in [0.29, 0.717) is 0 Å². The highest BCUT2D eigenvalue weighted by atomic mass is 35.5. The number of hydrogen-bond acceptors (Lipinski definition) is 4. The number of pyridine rings is 1. The van der Waals surface area contributed by atoms with Crippen molar-refractivity contribution in [2.45, 2.75) is 6.54 Å². The Balaban J connectivity index is 1.83. The Morgan fingerprint density at radius 2 is 2.24 bits per heavy atom. The van der Waals surface area contributed by atoms with Crippen LogP contribution in [0.25, 0.3) is 10.2 Å². The molecule has 3 nitrogen and oxygen atoms in total. The van der Waals surface area contributed by atoms with Gasteiger partial charge in [0.2, 0.25) is 0 Å². The highest BCUT2D eigenvalue weighted by Gasteiger charge is 2.13. The fourth-order valence-electron chi connectivity index (χ4n) is 2.01. The van der Waals surface area contributed by atoms with Crippen LogP contribution in [0.4, 0.5) is 0 Å². The lowest BCUT2D eigenvalue weighted by atomic mass is 10.3. The Hall–Kier alpha value is -0.680. The van der Waals surface area contributed by atoms with E-state index in [2.05, 4.69) is 16.0 Å². The van der Waals surface area contributed by atoms with Gasteiger partial charge in [-0.3, -0.25) is 9.88 Å². The number of aromatic nitrogens is 1. The summed E-state index contributed by atoms with van der Waals surface area (Å²) >= 11 is 7.89. The second kappa shape index (κ2) is 4.90. The molecule has 0 aliphatic carbocycles. The van der Waals surface area contributed by atoms with Gasteiger partial charge in [0.1, 0.15) is 0 Å². The third-order valence-corrected chi connectivity index (χ3v) is 4.47. The maximum absolute atomic E-state index is 6.15. The van der Waals surface area contributed by atoms with E-state index >= 15 is 0 Å². The summed E-state index contributed by atoms with van der Waals surface area (Å²) in [5.41, 5.74) is 1.01. The smallest absolute Gasteiger partial charge is 0.0828 e. The Bertz CT molecular complexity index is 522. The van der Waals surface area contributed by atoms with Crippen molar-refractivity contribution < 1.29 is 4.74 Å². The van der Waals surface area contributed by atoms with Gasteiger partial charge in [-0.25, -0.2) is 0 Å². The summed E-state index contributed by atoms with van der Waals surface area (Å²) in [7, 11) is 0. The lowest BCUT2D eigenvalue weighted by Crippen LogP contribution is -2.35. The van der Waals surface area contributed by atoms with Gasteiger partial charge in [0, 0.05) is 30.7 Å². The monoisotopic (exact) mass is 268 g/mol. The number of hydrogen-bond donors (Lipinski definition) is 0. The SMILES string of the molecule is Clc1ccnc2cc(CN3CCOCC3)sc12. The van der Waals surface area contributed by atoms with E-state index in [4.69, 9.17) is 16.3 Å². The minimum Gasteiger partial charge on any atom is -0.379 e. The first-order chi connectivity index (χ1) is 8.33. The average Bonchev–Trinajstić information content (AvgIpc) is 2.74. The van der Waals surface area contributed by atoms with Gasteiger partial charge in [-0.1, -0.05) is 11.6 Å². The van der Waals surface area contributed by atoms with Gasteiger partial charge in [0.15, 0.2) is 0 Å². The second-order valence-corrected chi connectivity index (χ2v) is 5.65. The van der Waals surface area contributed by atoms with Gasteiger partial charge in [-0.05, 0) is 12.1 Å². The molecule has 0 N–H and O–H groups in total. The average molecular weight is 269 g/mol. The predicted molar refractivity (Wildman–Crippen MR) is 70.7 cm³/mol. The maximum Gasteiger partial charge on any atom is 0.0828 e. The zero-order valence-electron chi connectivity index (χ0n) is 9.36. The van der Waals surface area contributed by atoms with Crippen molar-refractivity contribution in [1.29, 1.82) is 0 Å². The molecule has 17 heavy (non-hydrogen) atoms. The van der Waals surface area contributed by atoms with E-state index in [9.17, 15) is 0 Å². The molecule has 5 heteroatoms. The van der Waals surface area contributed by atoms with Crippen LogP contribution in [0.1, 0.15) is 4.88 Å². The Kier molecular flexibility index (Phi) is 3.29. The molecule has 1 saturated heterocycles. The molecule has 2 aromatic heterocycles. The summed E-state index contributed by atoms with van der Waals surface area (Å²) in [5, 5.41) is 0.799. The molecule has 0 unspecified atom stereocenters. The zero-order chi connectivity index (χ0) is 11.7. The molecule has 90 valence electrons. The molecule has 0 saturated carbocycles. The van der Waals surface area contributed by atoms with Crippen LogP contribution in [0.15, 0.2) is 18.3 Å². The molecule has 0 bridgehead atoms. The summed E-state index contributed by atoms with van der Waals surface area (Å²) in [6.07, 6.45) is 1.76. The van der Waals surface area contributed by atoms with E-state index in [1.807, 2.05) is 6.07 Å². The Labute approximate surface area is 109 Å². The minimum absolute atomic E-state index is 0.799. The van der Waals surface area contributed by atoms with Crippen LogP contribution in [-0.4, -0.2) is 36.2 Å². The fraction of sp³-hybridized carbons (Fsp3) is 0.417. The van der Waals surface area contributed by atoms with Crippen LogP contribution < -0.4 is 0 Å². The molecule has 3 rings (SSSR count). The Morgan fingerprint density at radius 1 is 1.41 bits per heavy atom. The first kappa shape index (κ1) is 11.4. The quantitative estimate of drug-likeness (QED) is 0.838. The second-order valence-electron chi connectivity index (χ2n) is 4.11. The molecule has 3 heterocycles. The zero-order valence-corrected chi connectivity index (χ0v) is 10.9. The van der Waals surface area contributed by atoms with Gasteiger partial charge in [-0.15, -0.1) is 11.3 Å². The summed E-state index contributed by atoms with van der Waals surface area (Å²) in [4.78, 5) is 8.07. The fourth-order valence-corrected chi connectivity index (χ4v) is 3.34. The van der Waals surface area contributed by atoms with E-state index in [1.54, 1.807) is 17.5 Å². The standard InChI is InChI=1S/C12H13ClN2OS/c13-10-1-2-14-11-7-9(17-12(10)11)8-15-3-5-16-6-4-15/h1-2,7H,3-6,8H2. The van der Waals surface area contributed by atoms with E-state index in [0.717, 1.165) is 48.1 Å². The van der Waals surface area contributed by atoms with Crippen LogP contribution in [0, 0.1) is 0 Å². The van der Waals surface area contributed by atoms with Gasteiger partial charge in [-0.2, -0.15) is 0 Å². The largest absolute Gasteiger partial charge is 0.379 e. The van der Waals surface area contributed by atoms with Crippen molar-refractivity contribution in [2.24, 2.45) is 0 Å². The first-order valence-corrected chi connectivity index (χ1v) is 6.85. The molecule has 1 aliphatic heterocycles. The molecular weight excluding hydrogens is 256 g/mol. The Morgan fingerprint density at radius 3 is 3.00 bits per heavy atom. The molecule has 0 amide bonds. The molecule has 1 fully saturated rings. The topological polar surface area (TPSA) is 25.4 Å². The van der Waals surface area contributed by atoms with Crippen molar-refractivity contribution in [3.8, 4) is 0 Å². The van der Waals surface area contributed by atoms with Crippen molar-refractivity contribution in [1.82, 2.24) is 9.88 Å². The summed E-state index contributed by atoms with van der Waals surface area (Å²) in [6.45, 7) is 4.67. The van der Waals surface area contributed by atoms with Crippen molar-refractivity contribution in [3.63, 3.8) is 0 Å². The van der Waals surface area contributed by atoms with Gasteiger partial charge in [0.05, 0.1) is 28.5 Å². The summed E-state index contributed by atoms with van der Waals surface area (Å²) < 4.78 is 6.44.